The van der Waals surface area contributed by atoms with Gasteiger partial charge in [-0.15, -0.1) is 0 Å². The molecule has 6 heteroatoms. The molecule has 2 aromatic rings. The summed E-state index contributed by atoms with van der Waals surface area (Å²) >= 11 is 0. The lowest BCUT2D eigenvalue weighted by atomic mass is 10.0. The SMILES string of the molecule is Cc1nc([C@@H]2CCCCN2Cc2cc(C)on2)n[nH]1. The van der Waals surface area contributed by atoms with Crippen molar-refractivity contribution in [1.29, 1.82) is 0 Å². The van der Waals surface area contributed by atoms with Crippen LogP contribution >= 0.6 is 0 Å². The molecule has 1 fully saturated rings. The molecule has 0 radical (unpaired) electrons. The molecule has 6 nitrogen and oxygen atoms in total. The standard InChI is InChI=1S/C13H19N5O/c1-9-7-11(17-19-9)8-18-6-4-3-5-12(18)13-14-10(2)15-16-13/h7,12H,3-6,8H2,1-2H3,(H,14,15,16)/t12-/m0/s1. The molecule has 0 bridgehead atoms. The highest BCUT2D eigenvalue weighted by Crippen LogP contribution is 2.30. The molecule has 3 heterocycles. The minimum atomic E-state index is 0.288. The topological polar surface area (TPSA) is 70.8 Å². The first-order valence-electron chi connectivity index (χ1n) is 6.77. The van der Waals surface area contributed by atoms with Gasteiger partial charge in [-0.05, 0) is 33.2 Å². The number of likely N-dealkylation sites (tertiary alicyclic amines) is 1. The number of aryl methyl sites for hydroxylation is 2. The third kappa shape index (κ3) is 2.68. The van der Waals surface area contributed by atoms with Gasteiger partial charge in [0.25, 0.3) is 0 Å². The third-order valence-electron chi connectivity index (χ3n) is 3.57. The maximum atomic E-state index is 5.14. The Kier molecular flexibility index (Phi) is 3.33. The number of aromatic amines is 1. The number of hydrogen-bond acceptors (Lipinski definition) is 5. The van der Waals surface area contributed by atoms with Crippen LogP contribution in [0.5, 0.6) is 0 Å². The van der Waals surface area contributed by atoms with Gasteiger partial charge < -0.3 is 4.52 Å². The summed E-state index contributed by atoms with van der Waals surface area (Å²) in [7, 11) is 0. The molecule has 1 atom stereocenters. The van der Waals surface area contributed by atoms with Gasteiger partial charge in [0.1, 0.15) is 11.6 Å². The summed E-state index contributed by atoms with van der Waals surface area (Å²) in [6, 6.07) is 2.28. The summed E-state index contributed by atoms with van der Waals surface area (Å²) in [5.41, 5.74) is 0.983. The molecule has 3 rings (SSSR count). The molecular weight excluding hydrogens is 242 g/mol. The molecule has 0 aromatic carbocycles. The van der Waals surface area contributed by atoms with Crippen molar-refractivity contribution in [3.63, 3.8) is 0 Å². The fraction of sp³-hybridized carbons (Fsp3) is 0.615. The lowest BCUT2D eigenvalue weighted by Crippen LogP contribution is -2.33. The van der Waals surface area contributed by atoms with Crippen LogP contribution in [0.4, 0.5) is 0 Å². The van der Waals surface area contributed by atoms with Crippen LogP contribution in [-0.2, 0) is 6.54 Å². The largest absolute Gasteiger partial charge is 0.361 e. The number of aromatic nitrogens is 4. The third-order valence-corrected chi connectivity index (χ3v) is 3.57. The van der Waals surface area contributed by atoms with Gasteiger partial charge in [0.05, 0.1) is 11.7 Å². The fourth-order valence-corrected chi connectivity index (χ4v) is 2.68. The number of nitrogens with one attached hydrogen (secondary N) is 1. The highest BCUT2D eigenvalue weighted by Gasteiger charge is 2.27. The van der Waals surface area contributed by atoms with E-state index in [4.69, 9.17) is 4.52 Å². The number of rotatable bonds is 3. The van der Waals surface area contributed by atoms with Crippen LogP contribution in [-0.4, -0.2) is 31.8 Å². The van der Waals surface area contributed by atoms with Crippen LogP contribution in [0.25, 0.3) is 0 Å². The Morgan fingerprint density at radius 3 is 3.00 bits per heavy atom. The molecule has 0 amide bonds. The average molecular weight is 261 g/mol. The van der Waals surface area contributed by atoms with Crippen molar-refractivity contribution in [2.75, 3.05) is 6.54 Å². The number of nitrogens with zero attached hydrogens (tertiary/aromatic N) is 4. The molecule has 19 heavy (non-hydrogen) atoms. The Bertz CT molecular complexity index is 547. The van der Waals surface area contributed by atoms with Crippen LogP contribution in [0.3, 0.4) is 0 Å². The summed E-state index contributed by atoms with van der Waals surface area (Å²) in [5.74, 6) is 2.63. The minimum Gasteiger partial charge on any atom is -0.361 e. The van der Waals surface area contributed by atoms with E-state index in [-0.39, 0.29) is 6.04 Å². The van der Waals surface area contributed by atoms with Crippen molar-refractivity contribution in [2.24, 2.45) is 0 Å². The first kappa shape index (κ1) is 12.3. The van der Waals surface area contributed by atoms with Crippen molar-refractivity contribution >= 4 is 0 Å². The Balaban J connectivity index is 1.77. The fourth-order valence-electron chi connectivity index (χ4n) is 2.68. The molecule has 0 spiro atoms. The number of piperidine rings is 1. The number of hydrogen-bond donors (Lipinski definition) is 1. The van der Waals surface area contributed by atoms with Gasteiger partial charge in [0, 0.05) is 12.6 Å². The second-order valence-corrected chi connectivity index (χ2v) is 5.19. The van der Waals surface area contributed by atoms with E-state index < -0.39 is 0 Å². The average Bonchev–Trinajstić information content (AvgIpc) is 2.99. The lowest BCUT2D eigenvalue weighted by Gasteiger charge is -2.33. The molecule has 1 aliphatic heterocycles. The predicted molar refractivity (Wildman–Crippen MR) is 69.4 cm³/mol. The monoisotopic (exact) mass is 261 g/mol. The van der Waals surface area contributed by atoms with E-state index in [0.29, 0.717) is 0 Å². The summed E-state index contributed by atoms with van der Waals surface area (Å²) in [6.45, 7) is 5.72. The van der Waals surface area contributed by atoms with Crippen molar-refractivity contribution in [3.8, 4) is 0 Å². The van der Waals surface area contributed by atoms with E-state index in [1.54, 1.807) is 0 Å². The molecule has 0 saturated carbocycles. The van der Waals surface area contributed by atoms with E-state index in [1.807, 2.05) is 19.9 Å². The zero-order valence-corrected chi connectivity index (χ0v) is 11.4. The van der Waals surface area contributed by atoms with Gasteiger partial charge in [-0.25, -0.2) is 4.98 Å². The normalized spacial score (nSPS) is 20.8. The van der Waals surface area contributed by atoms with Crippen molar-refractivity contribution in [1.82, 2.24) is 25.2 Å². The first-order valence-corrected chi connectivity index (χ1v) is 6.77. The predicted octanol–water partition coefficient (Wildman–Crippen LogP) is 2.14. The van der Waals surface area contributed by atoms with Gasteiger partial charge in [0.2, 0.25) is 0 Å². The van der Waals surface area contributed by atoms with Gasteiger partial charge >= 0.3 is 0 Å². The second kappa shape index (κ2) is 5.13. The van der Waals surface area contributed by atoms with Crippen molar-refractivity contribution < 1.29 is 4.52 Å². The molecule has 2 aromatic heterocycles. The summed E-state index contributed by atoms with van der Waals surface area (Å²) < 4.78 is 5.14. The Hall–Kier alpha value is -1.69. The van der Waals surface area contributed by atoms with Gasteiger partial charge in [-0.3, -0.25) is 10.00 Å². The lowest BCUT2D eigenvalue weighted by molar-refractivity contribution is 0.130. The van der Waals surface area contributed by atoms with Gasteiger partial charge in [0.15, 0.2) is 5.82 Å². The quantitative estimate of drug-likeness (QED) is 0.916. The van der Waals surface area contributed by atoms with E-state index in [0.717, 1.165) is 42.6 Å². The van der Waals surface area contributed by atoms with E-state index in [2.05, 4.69) is 25.2 Å². The van der Waals surface area contributed by atoms with E-state index in [9.17, 15) is 0 Å². The Morgan fingerprint density at radius 1 is 1.42 bits per heavy atom. The number of H-pyrrole nitrogens is 1. The highest BCUT2D eigenvalue weighted by atomic mass is 16.5. The van der Waals surface area contributed by atoms with E-state index in [1.165, 1.54) is 12.8 Å². The molecule has 1 saturated heterocycles. The second-order valence-electron chi connectivity index (χ2n) is 5.19. The molecule has 0 unspecified atom stereocenters. The zero-order chi connectivity index (χ0) is 13.2. The van der Waals surface area contributed by atoms with Crippen LogP contribution < -0.4 is 0 Å². The highest BCUT2D eigenvalue weighted by molar-refractivity contribution is 5.05. The molecule has 1 aliphatic rings. The van der Waals surface area contributed by atoms with Gasteiger partial charge in [-0.1, -0.05) is 11.6 Å². The van der Waals surface area contributed by atoms with Crippen molar-refractivity contribution in [2.45, 2.75) is 45.7 Å². The first-order chi connectivity index (χ1) is 9.22. The summed E-state index contributed by atoms with van der Waals surface area (Å²) in [6.07, 6.45) is 3.55. The Morgan fingerprint density at radius 2 is 2.32 bits per heavy atom. The van der Waals surface area contributed by atoms with Crippen LogP contribution in [0.2, 0.25) is 0 Å². The minimum absolute atomic E-state index is 0.288. The summed E-state index contributed by atoms with van der Waals surface area (Å²) in [4.78, 5) is 6.87. The molecule has 1 N–H and O–H groups in total. The van der Waals surface area contributed by atoms with E-state index >= 15 is 0 Å². The smallest absolute Gasteiger partial charge is 0.167 e. The van der Waals surface area contributed by atoms with Crippen LogP contribution in [0, 0.1) is 13.8 Å². The Labute approximate surface area is 112 Å². The summed E-state index contributed by atoms with van der Waals surface area (Å²) in [5, 5.41) is 11.3. The molecular formula is C13H19N5O. The zero-order valence-electron chi connectivity index (χ0n) is 11.4. The van der Waals surface area contributed by atoms with Gasteiger partial charge in [-0.2, -0.15) is 5.10 Å². The molecule has 0 aliphatic carbocycles. The maximum absolute atomic E-state index is 5.14. The maximum Gasteiger partial charge on any atom is 0.167 e. The molecule has 102 valence electrons. The van der Waals surface area contributed by atoms with Crippen molar-refractivity contribution in [3.05, 3.63) is 29.2 Å². The van der Waals surface area contributed by atoms with Crippen LogP contribution in [0.1, 0.15) is 48.4 Å². The van der Waals surface area contributed by atoms with Crippen LogP contribution in [0.15, 0.2) is 10.6 Å².